The van der Waals surface area contributed by atoms with Gasteiger partial charge in [-0.05, 0) is 41.5 Å². The molecule has 0 saturated carbocycles. The molecule has 3 rings (SSSR count). The van der Waals surface area contributed by atoms with E-state index in [0.717, 1.165) is 27.7 Å². The molecular formula is C16H12ClN3. The van der Waals surface area contributed by atoms with Crippen LogP contribution in [0.5, 0.6) is 0 Å². The summed E-state index contributed by atoms with van der Waals surface area (Å²) in [7, 11) is 0. The Morgan fingerprint density at radius 2 is 2.00 bits per heavy atom. The van der Waals surface area contributed by atoms with E-state index in [2.05, 4.69) is 23.2 Å². The van der Waals surface area contributed by atoms with Gasteiger partial charge in [-0.25, -0.2) is 0 Å². The van der Waals surface area contributed by atoms with Crippen molar-refractivity contribution in [3.8, 4) is 17.3 Å². The molecule has 0 spiro atoms. The van der Waals surface area contributed by atoms with Crippen molar-refractivity contribution in [1.29, 1.82) is 5.26 Å². The molecule has 98 valence electrons. The second-order valence-corrected chi connectivity index (χ2v) is 5.02. The zero-order chi connectivity index (χ0) is 14.1. The number of benzene rings is 2. The van der Waals surface area contributed by atoms with Crippen LogP contribution in [-0.2, 0) is 6.54 Å². The van der Waals surface area contributed by atoms with Gasteiger partial charge in [0.25, 0.3) is 0 Å². The zero-order valence-corrected chi connectivity index (χ0v) is 11.4. The number of nitrogens with two attached hydrogens (primary N) is 1. The van der Waals surface area contributed by atoms with E-state index in [0.29, 0.717) is 17.1 Å². The lowest BCUT2D eigenvalue weighted by Gasteiger charge is -2.00. The van der Waals surface area contributed by atoms with E-state index >= 15 is 0 Å². The summed E-state index contributed by atoms with van der Waals surface area (Å²) in [6.07, 6.45) is 0. The van der Waals surface area contributed by atoms with Crippen LogP contribution in [-0.4, -0.2) is 4.98 Å². The van der Waals surface area contributed by atoms with E-state index in [-0.39, 0.29) is 0 Å². The molecule has 1 aromatic heterocycles. The number of aromatic nitrogens is 1. The van der Waals surface area contributed by atoms with E-state index in [1.54, 1.807) is 12.1 Å². The molecule has 20 heavy (non-hydrogen) atoms. The van der Waals surface area contributed by atoms with Crippen LogP contribution in [0.15, 0.2) is 42.5 Å². The monoisotopic (exact) mass is 281 g/mol. The van der Waals surface area contributed by atoms with Crippen molar-refractivity contribution in [3.63, 3.8) is 0 Å². The lowest BCUT2D eigenvalue weighted by atomic mass is 10.1. The first-order valence-electron chi connectivity index (χ1n) is 6.23. The summed E-state index contributed by atoms with van der Waals surface area (Å²) in [4.78, 5) is 3.34. The number of halogens is 1. The number of rotatable bonds is 2. The van der Waals surface area contributed by atoms with Gasteiger partial charge in [-0.1, -0.05) is 23.7 Å². The molecule has 0 unspecified atom stereocenters. The van der Waals surface area contributed by atoms with Crippen molar-refractivity contribution in [1.82, 2.24) is 4.98 Å². The largest absolute Gasteiger partial charge is 0.355 e. The Balaban J connectivity index is 2.12. The Morgan fingerprint density at radius 1 is 1.15 bits per heavy atom. The van der Waals surface area contributed by atoms with E-state index in [1.165, 1.54) is 0 Å². The second kappa shape index (κ2) is 5.01. The standard InChI is InChI=1S/C16H12ClN3/c17-14-3-2-11(6-13(14)9-19)16-7-12-5-10(8-18)1-4-15(12)20-16/h1-7,20H,8,18H2. The molecular weight excluding hydrogens is 270 g/mol. The number of fused-ring (bicyclic) bond motifs is 1. The third-order valence-electron chi connectivity index (χ3n) is 3.32. The van der Waals surface area contributed by atoms with Gasteiger partial charge in [-0.3, -0.25) is 0 Å². The summed E-state index contributed by atoms with van der Waals surface area (Å²) in [5.74, 6) is 0. The van der Waals surface area contributed by atoms with Gasteiger partial charge in [0.05, 0.1) is 10.6 Å². The number of hydrogen-bond donors (Lipinski definition) is 2. The minimum Gasteiger partial charge on any atom is -0.355 e. The van der Waals surface area contributed by atoms with Crippen molar-refractivity contribution in [2.45, 2.75) is 6.54 Å². The van der Waals surface area contributed by atoms with Crippen LogP contribution in [0, 0.1) is 11.3 Å². The van der Waals surface area contributed by atoms with E-state index in [4.69, 9.17) is 22.6 Å². The highest BCUT2D eigenvalue weighted by Gasteiger charge is 2.07. The van der Waals surface area contributed by atoms with E-state index < -0.39 is 0 Å². The SMILES string of the molecule is N#Cc1cc(-c2cc3cc(CN)ccc3[nH]2)ccc1Cl. The normalized spacial score (nSPS) is 10.7. The van der Waals surface area contributed by atoms with Gasteiger partial charge >= 0.3 is 0 Å². The third kappa shape index (κ3) is 2.16. The molecule has 0 saturated heterocycles. The van der Waals surface area contributed by atoms with Crippen LogP contribution < -0.4 is 5.73 Å². The first-order chi connectivity index (χ1) is 9.71. The van der Waals surface area contributed by atoms with Gasteiger partial charge in [0.2, 0.25) is 0 Å². The zero-order valence-electron chi connectivity index (χ0n) is 10.7. The van der Waals surface area contributed by atoms with Crippen molar-refractivity contribution in [2.75, 3.05) is 0 Å². The Labute approximate surface area is 121 Å². The fourth-order valence-electron chi connectivity index (χ4n) is 2.24. The molecule has 0 aliphatic carbocycles. The maximum Gasteiger partial charge on any atom is 0.101 e. The summed E-state index contributed by atoms with van der Waals surface area (Å²) in [5, 5.41) is 10.6. The molecule has 0 fully saturated rings. The Kier molecular flexibility index (Phi) is 3.19. The van der Waals surface area contributed by atoms with Crippen LogP contribution in [0.1, 0.15) is 11.1 Å². The quantitative estimate of drug-likeness (QED) is 0.750. The highest BCUT2D eigenvalue weighted by atomic mass is 35.5. The van der Waals surface area contributed by atoms with Crippen molar-refractivity contribution in [3.05, 3.63) is 58.6 Å². The van der Waals surface area contributed by atoms with Gasteiger partial charge in [-0.15, -0.1) is 0 Å². The first kappa shape index (κ1) is 12.7. The lowest BCUT2D eigenvalue weighted by Crippen LogP contribution is -1.94. The van der Waals surface area contributed by atoms with Crippen molar-refractivity contribution in [2.24, 2.45) is 5.73 Å². The average molecular weight is 282 g/mol. The minimum atomic E-state index is 0.470. The van der Waals surface area contributed by atoms with Gasteiger partial charge in [0.1, 0.15) is 6.07 Å². The van der Waals surface area contributed by atoms with Gasteiger partial charge in [0.15, 0.2) is 0 Å². The highest BCUT2D eigenvalue weighted by molar-refractivity contribution is 6.31. The summed E-state index contributed by atoms with van der Waals surface area (Å²) in [6, 6.07) is 15.7. The van der Waals surface area contributed by atoms with Gasteiger partial charge in [0, 0.05) is 23.1 Å². The summed E-state index contributed by atoms with van der Waals surface area (Å²) in [5.41, 5.74) is 10.2. The van der Waals surface area contributed by atoms with E-state index in [9.17, 15) is 0 Å². The van der Waals surface area contributed by atoms with Crippen LogP contribution in [0.3, 0.4) is 0 Å². The van der Waals surface area contributed by atoms with E-state index in [1.807, 2.05) is 18.2 Å². The molecule has 0 aliphatic heterocycles. The Bertz CT molecular complexity index is 827. The third-order valence-corrected chi connectivity index (χ3v) is 3.65. The van der Waals surface area contributed by atoms with Crippen LogP contribution in [0.2, 0.25) is 5.02 Å². The van der Waals surface area contributed by atoms with Crippen LogP contribution in [0.25, 0.3) is 22.2 Å². The minimum absolute atomic E-state index is 0.470. The topological polar surface area (TPSA) is 65.6 Å². The Hall–Kier alpha value is -2.28. The van der Waals surface area contributed by atoms with Crippen molar-refractivity contribution < 1.29 is 0 Å². The summed E-state index contributed by atoms with van der Waals surface area (Å²) < 4.78 is 0. The summed E-state index contributed by atoms with van der Waals surface area (Å²) in [6.45, 7) is 0.524. The molecule has 1 heterocycles. The molecule has 4 heteroatoms. The smallest absolute Gasteiger partial charge is 0.101 e. The number of nitrogens with one attached hydrogen (secondary N) is 1. The number of nitriles is 1. The number of H-pyrrole nitrogens is 1. The maximum atomic E-state index is 9.04. The second-order valence-electron chi connectivity index (χ2n) is 4.62. The average Bonchev–Trinajstić information content (AvgIpc) is 2.90. The molecule has 0 amide bonds. The fourth-order valence-corrected chi connectivity index (χ4v) is 2.40. The molecule has 0 aliphatic rings. The van der Waals surface area contributed by atoms with Crippen LogP contribution in [0.4, 0.5) is 0 Å². The fraction of sp³-hybridized carbons (Fsp3) is 0.0625. The molecule has 0 radical (unpaired) electrons. The molecule has 0 bridgehead atoms. The first-order valence-corrected chi connectivity index (χ1v) is 6.61. The van der Waals surface area contributed by atoms with Gasteiger partial charge < -0.3 is 10.7 Å². The van der Waals surface area contributed by atoms with Crippen molar-refractivity contribution >= 4 is 22.5 Å². The number of nitrogens with zero attached hydrogens (tertiary/aromatic N) is 1. The predicted molar refractivity (Wildman–Crippen MR) is 81.4 cm³/mol. The molecule has 2 aromatic carbocycles. The van der Waals surface area contributed by atoms with Crippen LogP contribution >= 0.6 is 11.6 Å². The Morgan fingerprint density at radius 3 is 2.75 bits per heavy atom. The number of aromatic amines is 1. The molecule has 3 aromatic rings. The molecule has 3 nitrogen and oxygen atoms in total. The van der Waals surface area contributed by atoms with Gasteiger partial charge in [-0.2, -0.15) is 5.26 Å². The summed E-state index contributed by atoms with van der Waals surface area (Å²) >= 11 is 5.96. The maximum absolute atomic E-state index is 9.04. The lowest BCUT2D eigenvalue weighted by molar-refractivity contribution is 1.08. The predicted octanol–water partition coefficient (Wildman–Crippen LogP) is 3.82. The molecule has 0 atom stereocenters. The highest BCUT2D eigenvalue weighted by Crippen LogP contribution is 2.27. The number of hydrogen-bond acceptors (Lipinski definition) is 2. The molecule has 3 N–H and O–H groups in total.